The molecule has 0 spiro atoms. The molecule has 2 aromatic carbocycles. The molecule has 0 aliphatic carbocycles. The predicted molar refractivity (Wildman–Crippen MR) is 71.1 cm³/mol. The smallest absolute Gasteiger partial charge is 0.246 e. The van der Waals surface area contributed by atoms with Gasteiger partial charge in [0.15, 0.2) is 0 Å². The van der Waals surface area contributed by atoms with Gasteiger partial charge in [-0.15, -0.1) is 5.10 Å². The van der Waals surface area contributed by atoms with Crippen LogP contribution in [0.5, 0.6) is 0 Å². The SMILES string of the molecule is c1ccc(Nc2ncn(-c3ccccc3)n2)cc1. The molecule has 3 aromatic rings. The van der Waals surface area contributed by atoms with Crippen LogP contribution in [-0.4, -0.2) is 14.8 Å². The van der Waals surface area contributed by atoms with E-state index in [4.69, 9.17) is 0 Å². The van der Waals surface area contributed by atoms with E-state index in [1.807, 2.05) is 60.7 Å². The van der Waals surface area contributed by atoms with Gasteiger partial charge in [0.25, 0.3) is 0 Å². The number of para-hydroxylation sites is 2. The highest BCUT2D eigenvalue weighted by Gasteiger charge is 2.01. The van der Waals surface area contributed by atoms with Gasteiger partial charge in [-0.3, -0.25) is 0 Å². The Morgan fingerprint density at radius 3 is 2.22 bits per heavy atom. The van der Waals surface area contributed by atoms with Gasteiger partial charge in [0, 0.05) is 5.69 Å². The summed E-state index contributed by atoms with van der Waals surface area (Å²) in [6, 6.07) is 19.8. The first-order chi connectivity index (χ1) is 8.92. The third kappa shape index (κ3) is 2.22. The van der Waals surface area contributed by atoms with Crippen molar-refractivity contribution in [2.45, 2.75) is 0 Å². The molecule has 1 N–H and O–H groups in total. The second-order valence-corrected chi connectivity index (χ2v) is 3.84. The molecule has 0 amide bonds. The summed E-state index contributed by atoms with van der Waals surface area (Å²) in [5.41, 5.74) is 1.97. The second kappa shape index (κ2) is 4.71. The molecule has 4 nitrogen and oxygen atoms in total. The fourth-order valence-corrected chi connectivity index (χ4v) is 1.68. The maximum Gasteiger partial charge on any atom is 0.246 e. The summed E-state index contributed by atoms with van der Waals surface area (Å²) in [4.78, 5) is 4.23. The van der Waals surface area contributed by atoms with Crippen LogP contribution in [0.25, 0.3) is 5.69 Å². The molecule has 1 aromatic heterocycles. The van der Waals surface area contributed by atoms with Gasteiger partial charge in [-0.2, -0.15) is 4.98 Å². The molecule has 0 saturated heterocycles. The van der Waals surface area contributed by atoms with Crippen LogP contribution in [0.2, 0.25) is 0 Å². The van der Waals surface area contributed by atoms with Crippen LogP contribution in [0.3, 0.4) is 0 Å². The summed E-state index contributed by atoms with van der Waals surface area (Å²) in [7, 11) is 0. The lowest BCUT2D eigenvalue weighted by Gasteiger charge is -2.00. The fraction of sp³-hybridized carbons (Fsp3) is 0. The Morgan fingerprint density at radius 1 is 0.833 bits per heavy atom. The van der Waals surface area contributed by atoms with Crippen molar-refractivity contribution in [3.63, 3.8) is 0 Å². The maximum atomic E-state index is 4.37. The van der Waals surface area contributed by atoms with Crippen molar-refractivity contribution in [2.24, 2.45) is 0 Å². The van der Waals surface area contributed by atoms with Gasteiger partial charge in [-0.25, -0.2) is 4.68 Å². The Kier molecular flexibility index (Phi) is 2.75. The largest absolute Gasteiger partial charge is 0.323 e. The average Bonchev–Trinajstić information content (AvgIpc) is 2.89. The molecule has 4 heteroatoms. The van der Waals surface area contributed by atoms with E-state index in [1.54, 1.807) is 11.0 Å². The monoisotopic (exact) mass is 236 g/mol. The number of benzene rings is 2. The van der Waals surface area contributed by atoms with E-state index >= 15 is 0 Å². The minimum absolute atomic E-state index is 0.588. The van der Waals surface area contributed by atoms with Crippen molar-refractivity contribution in [1.29, 1.82) is 0 Å². The van der Waals surface area contributed by atoms with Gasteiger partial charge in [0.05, 0.1) is 5.69 Å². The van der Waals surface area contributed by atoms with Crippen molar-refractivity contribution in [1.82, 2.24) is 14.8 Å². The normalized spacial score (nSPS) is 10.2. The average molecular weight is 236 g/mol. The third-order valence-corrected chi connectivity index (χ3v) is 2.54. The summed E-state index contributed by atoms with van der Waals surface area (Å²) in [5, 5.41) is 7.52. The van der Waals surface area contributed by atoms with Crippen LogP contribution in [0.4, 0.5) is 11.6 Å². The van der Waals surface area contributed by atoms with Crippen LogP contribution in [0.1, 0.15) is 0 Å². The molecule has 0 aliphatic heterocycles. The highest BCUT2D eigenvalue weighted by molar-refractivity contribution is 5.52. The van der Waals surface area contributed by atoms with Gasteiger partial charge >= 0.3 is 0 Å². The molecular weight excluding hydrogens is 224 g/mol. The predicted octanol–water partition coefficient (Wildman–Crippen LogP) is 3.01. The van der Waals surface area contributed by atoms with Crippen LogP contribution < -0.4 is 5.32 Å². The van der Waals surface area contributed by atoms with Crippen molar-refractivity contribution in [3.8, 4) is 5.69 Å². The lowest BCUT2D eigenvalue weighted by Crippen LogP contribution is -1.96. The highest BCUT2D eigenvalue weighted by atomic mass is 15.4. The summed E-state index contributed by atoms with van der Waals surface area (Å²) in [6.07, 6.45) is 1.70. The molecule has 18 heavy (non-hydrogen) atoms. The van der Waals surface area contributed by atoms with E-state index in [-0.39, 0.29) is 0 Å². The Hall–Kier alpha value is -2.62. The zero-order valence-electron chi connectivity index (χ0n) is 9.69. The van der Waals surface area contributed by atoms with Crippen LogP contribution in [0, 0.1) is 0 Å². The fourth-order valence-electron chi connectivity index (χ4n) is 1.68. The first-order valence-electron chi connectivity index (χ1n) is 5.71. The molecule has 0 bridgehead atoms. The van der Waals surface area contributed by atoms with Gasteiger partial charge in [0.1, 0.15) is 6.33 Å². The van der Waals surface area contributed by atoms with Crippen molar-refractivity contribution in [3.05, 3.63) is 67.0 Å². The summed E-state index contributed by atoms with van der Waals surface area (Å²) in [6.45, 7) is 0. The minimum atomic E-state index is 0.588. The molecular formula is C14H12N4. The molecule has 0 fully saturated rings. The number of aromatic nitrogens is 3. The zero-order valence-corrected chi connectivity index (χ0v) is 9.69. The first-order valence-corrected chi connectivity index (χ1v) is 5.71. The quantitative estimate of drug-likeness (QED) is 0.760. The van der Waals surface area contributed by atoms with E-state index in [1.165, 1.54) is 0 Å². The topological polar surface area (TPSA) is 42.7 Å². The van der Waals surface area contributed by atoms with Gasteiger partial charge in [-0.1, -0.05) is 36.4 Å². The van der Waals surface area contributed by atoms with Crippen molar-refractivity contribution in [2.75, 3.05) is 5.32 Å². The number of nitrogens with zero attached hydrogens (tertiary/aromatic N) is 3. The Balaban J connectivity index is 1.82. The van der Waals surface area contributed by atoms with Crippen molar-refractivity contribution >= 4 is 11.6 Å². The van der Waals surface area contributed by atoms with E-state index in [2.05, 4.69) is 15.4 Å². The van der Waals surface area contributed by atoms with Crippen LogP contribution >= 0.6 is 0 Å². The van der Waals surface area contributed by atoms with Crippen LogP contribution in [-0.2, 0) is 0 Å². The number of hydrogen-bond acceptors (Lipinski definition) is 3. The molecule has 0 unspecified atom stereocenters. The van der Waals surface area contributed by atoms with Gasteiger partial charge in [-0.05, 0) is 24.3 Å². The zero-order chi connectivity index (χ0) is 12.2. The molecule has 0 aliphatic rings. The lowest BCUT2D eigenvalue weighted by atomic mass is 10.3. The summed E-state index contributed by atoms with van der Waals surface area (Å²) >= 11 is 0. The molecule has 0 radical (unpaired) electrons. The molecule has 3 rings (SSSR count). The Bertz CT molecular complexity index is 617. The number of anilines is 2. The molecule has 0 saturated carbocycles. The number of rotatable bonds is 3. The van der Waals surface area contributed by atoms with E-state index in [0.29, 0.717) is 5.95 Å². The van der Waals surface area contributed by atoms with Crippen molar-refractivity contribution < 1.29 is 0 Å². The van der Waals surface area contributed by atoms with Gasteiger partial charge in [0.2, 0.25) is 5.95 Å². The number of nitrogens with one attached hydrogen (secondary N) is 1. The van der Waals surface area contributed by atoms with E-state index in [9.17, 15) is 0 Å². The maximum absolute atomic E-state index is 4.37. The van der Waals surface area contributed by atoms with Gasteiger partial charge < -0.3 is 5.32 Å². The van der Waals surface area contributed by atoms with E-state index in [0.717, 1.165) is 11.4 Å². The third-order valence-electron chi connectivity index (χ3n) is 2.54. The molecule has 88 valence electrons. The second-order valence-electron chi connectivity index (χ2n) is 3.84. The lowest BCUT2D eigenvalue weighted by molar-refractivity contribution is 0.882. The summed E-state index contributed by atoms with van der Waals surface area (Å²) in [5.74, 6) is 0.588. The van der Waals surface area contributed by atoms with Crippen LogP contribution in [0.15, 0.2) is 67.0 Å². The highest BCUT2D eigenvalue weighted by Crippen LogP contribution is 2.12. The molecule has 1 heterocycles. The first kappa shape index (κ1) is 10.5. The standard InChI is InChI=1S/C14H12N4/c1-3-7-12(8-4-1)16-14-15-11-18(17-14)13-9-5-2-6-10-13/h1-11H,(H,16,17). The Morgan fingerprint density at radius 2 is 1.50 bits per heavy atom. The summed E-state index contributed by atoms with van der Waals surface area (Å²) < 4.78 is 1.74. The minimum Gasteiger partial charge on any atom is -0.323 e. The van der Waals surface area contributed by atoms with E-state index < -0.39 is 0 Å². The Labute approximate surface area is 105 Å². The number of hydrogen-bond donors (Lipinski definition) is 1. The molecule has 0 atom stereocenters.